The van der Waals surface area contributed by atoms with E-state index < -0.39 is 17.6 Å². The summed E-state index contributed by atoms with van der Waals surface area (Å²) < 4.78 is 62.6. The highest BCUT2D eigenvalue weighted by molar-refractivity contribution is 5.83. The average molecular weight is 526 g/mol. The summed E-state index contributed by atoms with van der Waals surface area (Å²) in [6.07, 6.45) is -3.51. The van der Waals surface area contributed by atoms with Crippen LogP contribution >= 0.6 is 0 Å². The molecule has 0 amide bonds. The van der Waals surface area contributed by atoms with Crippen molar-refractivity contribution >= 4 is 28.1 Å². The van der Waals surface area contributed by atoms with Gasteiger partial charge in [-0.25, -0.2) is 14.4 Å². The van der Waals surface area contributed by atoms with Gasteiger partial charge in [0.1, 0.15) is 12.4 Å². The number of alkyl halides is 3. The van der Waals surface area contributed by atoms with Crippen molar-refractivity contribution in [2.45, 2.75) is 13.1 Å². The zero-order valence-corrected chi connectivity index (χ0v) is 20.5. The van der Waals surface area contributed by atoms with E-state index in [-0.39, 0.29) is 34.4 Å². The van der Waals surface area contributed by atoms with E-state index in [1.807, 2.05) is 13.1 Å². The molecule has 0 bridgehead atoms. The molecule has 0 radical (unpaired) electrons. The SMILES string of the molecule is Cc1cc2c(F)c(Oc3ncnc(Nc4ccc(N5CCN(C)CC5)c(C(F)(F)F)c4)c3C#N)ccc2[nH]1. The van der Waals surface area contributed by atoms with Crippen molar-refractivity contribution in [3.63, 3.8) is 0 Å². The Morgan fingerprint density at radius 3 is 2.55 bits per heavy atom. The van der Waals surface area contributed by atoms with E-state index in [9.17, 15) is 18.4 Å². The zero-order valence-electron chi connectivity index (χ0n) is 20.5. The molecule has 2 aromatic heterocycles. The molecule has 0 unspecified atom stereocenters. The summed E-state index contributed by atoms with van der Waals surface area (Å²) in [6, 6.07) is 10.4. The normalized spacial score (nSPS) is 14.5. The van der Waals surface area contributed by atoms with Crippen LogP contribution in [0.1, 0.15) is 16.8 Å². The third-order valence-electron chi connectivity index (χ3n) is 6.38. The predicted molar refractivity (Wildman–Crippen MR) is 134 cm³/mol. The van der Waals surface area contributed by atoms with Crippen molar-refractivity contribution < 1.29 is 22.3 Å². The van der Waals surface area contributed by atoms with Crippen LogP contribution < -0.4 is 15.0 Å². The predicted octanol–water partition coefficient (Wildman–Crippen LogP) is 5.58. The van der Waals surface area contributed by atoms with Gasteiger partial charge in [0.25, 0.3) is 0 Å². The Morgan fingerprint density at radius 2 is 1.84 bits per heavy atom. The maximum absolute atomic E-state index is 15.0. The molecule has 4 aromatic rings. The van der Waals surface area contributed by atoms with Crippen LogP contribution in [0.15, 0.2) is 42.7 Å². The van der Waals surface area contributed by atoms with Crippen LogP contribution in [0.25, 0.3) is 10.9 Å². The first kappa shape index (κ1) is 25.3. The molecule has 1 saturated heterocycles. The lowest BCUT2D eigenvalue weighted by Crippen LogP contribution is -2.45. The first-order chi connectivity index (χ1) is 18.1. The van der Waals surface area contributed by atoms with Crippen molar-refractivity contribution in [1.29, 1.82) is 5.26 Å². The lowest BCUT2D eigenvalue weighted by atomic mass is 10.1. The fourth-order valence-corrected chi connectivity index (χ4v) is 4.41. The quantitative estimate of drug-likeness (QED) is 0.329. The number of fused-ring (bicyclic) bond motifs is 1. The molecule has 2 N–H and O–H groups in total. The van der Waals surface area contributed by atoms with Crippen LogP contribution in [-0.4, -0.2) is 53.1 Å². The van der Waals surface area contributed by atoms with Gasteiger partial charge in [0, 0.05) is 54.2 Å². The molecule has 196 valence electrons. The van der Waals surface area contributed by atoms with E-state index >= 15 is 4.39 Å². The molecule has 12 heteroatoms. The number of anilines is 3. The first-order valence-electron chi connectivity index (χ1n) is 11.8. The number of aromatic amines is 1. The second-order valence-corrected chi connectivity index (χ2v) is 9.05. The van der Waals surface area contributed by atoms with Gasteiger partial charge in [-0.1, -0.05) is 0 Å². The van der Waals surface area contributed by atoms with Gasteiger partial charge in [0.2, 0.25) is 5.88 Å². The van der Waals surface area contributed by atoms with Crippen molar-refractivity contribution in [1.82, 2.24) is 19.9 Å². The number of nitriles is 1. The minimum atomic E-state index is -4.60. The maximum Gasteiger partial charge on any atom is 0.418 e. The van der Waals surface area contributed by atoms with Crippen molar-refractivity contribution in [3.8, 4) is 17.7 Å². The Hall–Kier alpha value is -4.37. The third-order valence-corrected chi connectivity index (χ3v) is 6.38. The van der Waals surface area contributed by atoms with Crippen LogP contribution in [0.3, 0.4) is 0 Å². The Labute approximate surface area is 215 Å². The minimum Gasteiger partial charge on any atom is -0.434 e. The smallest absolute Gasteiger partial charge is 0.418 e. The summed E-state index contributed by atoms with van der Waals surface area (Å²) in [7, 11) is 1.93. The molecule has 0 atom stereocenters. The lowest BCUT2D eigenvalue weighted by molar-refractivity contribution is -0.137. The molecule has 2 aromatic carbocycles. The van der Waals surface area contributed by atoms with E-state index in [1.165, 1.54) is 18.2 Å². The number of rotatable bonds is 5. The van der Waals surface area contributed by atoms with Crippen LogP contribution in [-0.2, 0) is 6.18 Å². The number of piperazine rings is 1. The molecule has 8 nitrogen and oxygen atoms in total. The van der Waals surface area contributed by atoms with Gasteiger partial charge < -0.3 is 24.8 Å². The first-order valence-corrected chi connectivity index (χ1v) is 11.8. The topological polar surface area (TPSA) is 93.1 Å². The van der Waals surface area contributed by atoms with Gasteiger partial charge in [-0.05, 0) is 50.4 Å². The highest BCUT2D eigenvalue weighted by Crippen LogP contribution is 2.40. The molecule has 38 heavy (non-hydrogen) atoms. The fourth-order valence-electron chi connectivity index (χ4n) is 4.41. The Kier molecular flexibility index (Phi) is 6.54. The molecular weight excluding hydrogens is 502 g/mol. The van der Waals surface area contributed by atoms with E-state index in [0.29, 0.717) is 37.1 Å². The summed E-state index contributed by atoms with van der Waals surface area (Å²) in [5, 5.41) is 12.9. The summed E-state index contributed by atoms with van der Waals surface area (Å²) >= 11 is 0. The standard InChI is InChI=1S/C26H23F4N7O/c1-15-11-17-20(34-15)4-6-22(23(17)27)38-25-18(13-31)24(32-14-33-25)35-16-3-5-21(19(12-16)26(28,29)30)37-9-7-36(2)8-10-37/h3-6,11-12,14,34H,7-10H2,1-2H3,(H,32,33,35). The number of likely N-dealkylation sites (N-methyl/N-ethyl adjacent to an activating group) is 1. The maximum atomic E-state index is 15.0. The Bertz CT molecular complexity index is 1540. The van der Waals surface area contributed by atoms with Crippen LogP contribution in [0.2, 0.25) is 0 Å². The number of halogens is 4. The number of nitrogens with one attached hydrogen (secondary N) is 2. The second kappa shape index (κ2) is 9.83. The molecular formula is C26H23F4N7O. The molecule has 1 fully saturated rings. The highest BCUT2D eigenvalue weighted by atomic mass is 19.4. The number of hydrogen-bond acceptors (Lipinski definition) is 7. The van der Waals surface area contributed by atoms with Gasteiger partial charge in [0.15, 0.2) is 22.9 Å². The Morgan fingerprint density at radius 1 is 1.08 bits per heavy atom. The van der Waals surface area contributed by atoms with Gasteiger partial charge >= 0.3 is 6.18 Å². The van der Waals surface area contributed by atoms with Crippen molar-refractivity contribution in [2.75, 3.05) is 43.4 Å². The summed E-state index contributed by atoms with van der Waals surface area (Å²) in [6.45, 7) is 4.05. The minimum absolute atomic E-state index is 0.0723. The van der Waals surface area contributed by atoms with Gasteiger partial charge in [-0.15, -0.1) is 0 Å². The van der Waals surface area contributed by atoms with Crippen LogP contribution in [0.5, 0.6) is 11.6 Å². The average Bonchev–Trinajstić information content (AvgIpc) is 3.27. The number of ether oxygens (including phenoxy) is 1. The largest absolute Gasteiger partial charge is 0.434 e. The van der Waals surface area contributed by atoms with Crippen LogP contribution in [0.4, 0.5) is 34.8 Å². The van der Waals surface area contributed by atoms with E-state index in [0.717, 1.165) is 18.1 Å². The fraction of sp³-hybridized carbons (Fsp3) is 0.269. The molecule has 0 aliphatic carbocycles. The number of nitrogens with zero attached hydrogens (tertiary/aromatic N) is 5. The van der Waals surface area contributed by atoms with Crippen molar-refractivity contribution in [2.24, 2.45) is 0 Å². The van der Waals surface area contributed by atoms with Gasteiger partial charge in [-0.3, -0.25) is 0 Å². The summed E-state index contributed by atoms with van der Waals surface area (Å²) in [4.78, 5) is 14.8. The molecule has 0 saturated carbocycles. The van der Waals surface area contributed by atoms with Crippen LogP contribution in [0, 0.1) is 24.1 Å². The molecule has 1 aliphatic rings. The van der Waals surface area contributed by atoms with Crippen molar-refractivity contribution in [3.05, 3.63) is 65.4 Å². The van der Waals surface area contributed by atoms with Gasteiger partial charge in [0.05, 0.1) is 5.56 Å². The molecule has 1 aliphatic heterocycles. The van der Waals surface area contributed by atoms with E-state index in [4.69, 9.17) is 4.74 Å². The zero-order chi connectivity index (χ0) is 27.0. The number of benzene rings is 2. The molecule has 3 heterocycles. The summed E-state index contributed by atoms with van der Waals surface area (Å²) in [5.74, 6) is -1.11. The Balaban J connectivity index is 1.45. The number of aryl methyl sites for hydroxylation is 1. The summed E-state index contributed by atoms with van der Waals surface area (Å²) in [5.41, 5.74) is 0.528. The lowest BCUT2D eigenvalue weighted by Gasteiger charge is -2.35. The van der Waals surface area contributed by atoms with E-state index in [2.05, 4.69) is 25.2 Å². The number of aromatic nitrogens is 3. The number of hydrogen-bond donors (Lipinski definition) is 2. The second-order valence-electron chi connectivity index (χ2n) is 9.05. The molecule has 0 spiro atoms. The highest BCUT2D eigenvalue weighted by Gasteiger charge is 2.36. The third kappa shape index (κ3) is 4.92. The number of H-pyrrole nitrogens is 1. The van der Waals surface area contributed by atoms with Gasteiger partial charge in [-0.2, -0.15) is 18.4 Å². The van der Waals surface area contributed by atoms with E-state index in [1.54, 1.807) is 24.0 Å². The monoisotopic (exact) mass is 525 g/mol. The molecule has 5 rings (SSSR count).